The summed E-state index contributed by atoms with van der Waals surface area (Å²) >= 11 is 0. The van der Waals surface area contributed by atoms with Crippen LogP contribution in [0.4, 0.5) is 0 Å². The van der Waals surface area contributed by atoms with E-state index in [1.54, 1.807) is 7.11 Å². The molecular formula is C23H36O2. The lowest BCUT2D eigenvalue weighted by molar-refractivity contribution is -0.0979. The van der Waals surface area contributed by atoms with Gasteiger partial charge >= 0.3 is 0 Å². The van der Waals surface area contributed by atoms with Crippen LogP contribution in [0.25, 0.3) is 0 Å². The summed E-state index contributed by atoms with van der Waals surface area (Å²) in [6.07, 6.45) is 8.90. The lowest BCUT2D eigenvalue weighted by Gasteiger charge is -2.11. The molecule has 0 bridgehead atoms. The van der Waals surface area contributed by atoms with Gasteiger partial charge in [-0.05, 0) is 50.8 Å². The second-order valence-electron chi connectivity index (χ2n) is 5.66. The highest BCUT2D eigenvalue weighted by Gasteiger charge is 2.04. The number of hydrogen-bond acceptors (Lipinski definition) is 2. The SMILES string of the molecule is C=C(C)/C=C(/COC)C(=C)C(=C)/C=C\C(=C)CC.C=O.CC=C(C)C. The highest BCUT2D eigenvalue weighted by Crippen LogP contribution is 2.19. The van der Waals surface area contributed by atoms with Gasteiger partial charge in [0.2, 0.25) is 0 Å². The molecule has 0 aliphatic rings. The Morgan fingerprint density at radius 2 is 1.48 bits per heavy atom. The third kappa shape index (κ3) is 18.0. The van der Waals surface area contributed by atoms with E-state index in [-0.39, 0.29) is 0 Å². The fourth-order valence-electron chi connectivity index (χ4n) is 1.31. The molecule has 2 heteroatoms. The van der Waals surface area contributed by atoms with Crippen LogP contribution in [0, 0.1) is 0 Å². The standard InChI is InChI=1S/C17H24O.C5H10.CH2O/c1-8-14(4)9-10-15(5)16(6)17(12-18-7)11-13(2)3;1-4-5(2)3;1-2/h9-11H,2,4-6,8,12H2,1,3,7H3;4H,1-3H3;1H2/b10-9-,17-11-;;. The zero-order valence-corrected chi connectivity index (χ0v) is 17.1. The molecule has 0 unspecified atom stereocenters. The van der Waals surface area contributed by atoms with Crippen LogP contribution in [0.5, 0.6) is 0 Å². The molecule has 0 aromatic carbocycles. The molecule has 0 amide bonds. The molecule has 0 heterocycles. The quantitative estimate of drug-likeness (QED) is 0.368. The predicted octanol–water partition coefficient (Wildman–Crippen LogP) is 6.56. The van der Waals surface area contributed by atoms with Crippen LogP contribution >= 0.6 is 0 Å². The molecule has 140 valence electrons. The van der Waals surface area contributed by atoms with Gasteiger partial charge in [0, 0.05) is 7.11 Å². The minimum absolute atomic E-state index is 0.507. The van der Waals surface area contributed by atoms with Crippen molar-refractivity contribution in [1.29, 1.82) is 0 Å². The first-order valence-electron chi connectivity index (χ1n) is 8.17. The van der Waals surface area contributed by atoms with Crippen LogP contribution in [0.3, 0.4) is 0 Å². The number of carbonyl (C=O) groups excluding carboxylic acids is 1. The predicted molar refractivity (Wildman–Crippen MR) is 114 cm³/mol. The average Bonchev–Trinajstić information content (AvgIpc) is 2.60. The van der Waals surface area contributed by atoms with Crippen molar-refractivity contribution in [2.24, 2.45) is 0 Å². The zero-order chi connectivity index (χ0) is 20.4. The summed E-state index contributed by atoms with van der Waals surface area (Å²) in [7, 11) is 1.66. The Balaban J connectivity index is -0.000000588. The van der Waals surface area contributed by atoms with Gasteiger partial charge in [-0.1, -0.05) is 74.3 Å². The van der Waals surface area contributed by atoms with E-state index in [0.29, 0.717) is 6.61 Å². The topological polar surface area (TPSA) is 26.3 Å². The molecule has 0 aliphatic carbocycles. The monoisotopic (exact) mass is 344 g/mol. The van der Waals surface area contributed by atoms with E-state index in [9.17, 15) is 0 Å². The summed E-state index contributed by atoms with van der Waals surface area (Å²) in [5.74, 6) is 0. The molecule has 0 spiro atoms. The molecule has 0 atom stereocenters. The maximum absolute atomic E-state index is 8.00. The van der Waals surface area contributed by atoms with Crippen molar-refractivity contribution in [2.75, 3.05) is 13.7 Å². The first kappa shape index (κ1) is 27.6. The highest BCUT2D eigenvalue weighted by atomic mass is 16.5. The summed E-state index contributed by atoms with van der Waals surface area (Å²) in [5.41, 5.74) is 6.17. The van der Waals surface area contributed by atoms with Crippen LogP contribution in [-0.4, -0.2) is 20.5 Å². The zero-order valence-electron chi connectivity index (χ0n) is 17.1. The Bertz CT molecular complexity index is 524. The molecule has 0 radical (unpaired) electrons. The van der Waals surface area contributed by atoms with E-state index in [1.165, 1.54) is 5.57 Å². The largest absolute Gasteiger partial charge is 0.380 e. The second kappa shape index (κ2) is 18.2. The molecule has 2 nitrogen and oxygen atoms in total. The molecular weight excluding hydrogens is 308 g/mol. The second-order valence-corrected chi connectivity index (χ2v) is 5.66. The number of ether oxygens (including phenoxy) is 1. The third-order valence-corrected chi connectivity index (χ3v) is 3.05. The Kier molecular flexibility index (Phi) is 20.1. The maximum atomic E-state index is 8.00. The molecule has 0 N–H and O–H groups in total. The van der Waals surface area contributed by atoms with Gasteiger partial charge in [0.25, 0.3) is 0 Å². The normalized spacial score (nSPS) is 9.92. The molecule has 0 aliphatic heterocycles. The summed E-state index contributed by atoms with van der Waals surface area (Å²) in [4.78, 5) is 8.00. The Morgan fingerprint density at radius 3 is 1.80 bits per heavy atom. The fraction of sp³-hybridized carbons (Fsp3) is 0.348. The summed E-state index contributed by atoms with van der Waals surface area (Å²) < 4.78 is 5.17. The van der Waals surface area contributed by atoms with Gasteiger partial charge in [-0.2, -0.15) is 0 Å². The van der Waals surface area contributed by atoms with Crippen LogP contribution in [0.15, 0.2) is 84.1 Å². The summed E-state index contributed by atoms with van der Waals surface area (Å²) in [6.45, 7) is 28.6. The number of hydrogen-bond donors (Lipinski definition) is 0. The summed E-state index contributed by atoms with van der Waals surface area (Å²) in [6, 6.07) is 0. The van der Waals surface area contributed by atoms with Gasteiger partial charge in [-0.25, -0.2) is 0 Å². The van der Waals surface area contributed by atoms with Gasteiger partial charge in [-0.3, -0.25) is 0 Å². The van der Waals surface area contributed by atoms with Crippen LogP contribution in [-0.2, 0) is 9.53 Å². The van der Waals surface area contributed by atoms with Gasteiger partial charge in [0.05, 0.1) is 6.61 Å². The molecule has 25 heavy (non-hydrogen) atoms. The van der Waals surface area contributed by atoms with Crippen molar-refractivity contribution in [3.05, 3.63) is 84.1 Å². The number of allylic oxidation sites excluding steroid dienone is 8. The Hall–Kier alpha value is -2.19. The van der Waals surface area contributed by atoms with Gasteiger partial charge in [0.1, 0.15) is 6.79 Å². The maximum Gasteiger partial charge on any atom is 0.106 e. The van der Waals surface area contributed by atoms with E-state index in [4.69, 9.17) is 9.53 Å². The number of carbonyl (C=O) groups is 1. The van der Waals surface area contributed by atoms with Crippen LogP contribution in [0.2, 0.25) is 0 Å². The average molecular weight is 345 g/mol. The fourth-order valence-corrected chi connectivity index (χ4v) is 1.31. The first-order valence-corrected chi connectivity index (χ1v) is 8.17. The molecule has 0 aromatic heterocycles. The van der Waals surface area contributed by atoms with Crippen LogP contribution in [0.1, 0.15) is 41.0 Å². The van der Waals surface area contributed by atoms with E-state index in [2.05, 4.69) is 53.2 Å². The molecule has 0 saturated heterocycles. The van der Waals surface area contributed by atoms with Crippen molar-refractivity contribution in [3.63, 3.8) is 0 Å². The smallest absolute Gasteiger partial charge is 0.106 e. The summed E-state index contributed by atoms with van der Waals surface area (Å²) in [5, 5.41) is 0. The Labute approximate surface area is 155 Å². The van der Waals surface area contributed by atoms with E-state index in [1.807, 2.05) is 38.9 Å². The lowest BCUT2D eigenvalue weighted by atomic mass is 9.98. The van der Waals surface area contributed by atoms with Gasteiger partial charge in [0.15, 0.2) is 0 Å². The molecule has 0 aromatic rings. The van der Waals surface area contributed by atoms with Crippen molar-refractivity contribution in [3.8, 4) is 0 Å². The molecule has 0 rings (SSSR count). The number of rotatable bonds is 8. The van der Waals surface area contributed by atoms with Crippen molar-refractivity contribution < 1.29 is 9.53 Å². The minimum Gasteiger partial charge on any atom is -0.380 e. The van der Waals surface area contributed by atoms with E-state index >= 15 is 0 Å². The molecule has 0 saturated carbocycles. The lowest BCUT2D eigenvalue weighted by Crippen LogP contribution is -1.99. The Morgan fingerprint density at radius 1 is 1.00 bits per heavy atom. The van der Waals surface area contributed by atoms with Crippen molar-refractivity contribution in [1.82, 2.24) is 0 Å². The van der Waals surface area contributed by atoms with Crippen molar-refractivity contribution >= 4 is 6.79 Å². The van der Waals surface area contributed by atoms with E-state index in [0.717, 1.165) is 34.3 Å². The van der Waals surface area contributed by atoms with Crippen LogP contribution < -0.4 is 0 Å². The van der Waals surface area contributed by atoms with Gasteiger partial charge in [-0.15, -0.1) is 0 Å². The van der Waals surface area contributed by atoms with E-state index < -0.39 is 0 Å². The first-order chi connectivity index (χ1) is 11.7. The number of methoxy groups -OCH3 is 1. The van der Waals surface area contributed by atoms with Gasteiger partial charge < -0.3 is 9.53 Å². The molecule has 0 fully saturated rings. The van der Waals surface area contributed by atoms with Crippen molar-refractivity contribution in [2.45, 2.75) is 41.0 Å². The highest BCUT2D eigenvalue weighted by molar-refractivity contribution is 5.51. The minimum atomic E-state index is 0.507. The third-order valence-electron chi connectivity index (χ3n) is 3.05.